The van der Waals surface area contributed by atoms with Crippen molar-refractivity contribution in [2.45, 2.75) is 6.10 Å². The largest absolute Gasteiger partial charge is 0.383 e. The molecule has 0 saturated carbocycles. The molecule has 0 aliphatic carbocycles. The second kappa shape index (κ2) is 5.22. The molecule has 0 aliphatic heterocycles. The third-order valence-corrected chi connectivity index (χ3v) is 3.08. The van der Waals surface area contributed by atoms with Crippen molar-refractivity contribution in [3.05, 3.63) is 69.2 Å². The van der Waals surface area contributed by atoms with Crippen LogP contribution in [0.4, 0.5) is 8.78 Å². The lowest BCUT2D eigenvalue weighted by Crippen LogP contribution is -2.04. The molecule has 2 aromatic carbocycles. The predicted octanol–water partition coefficient (Wildman–Crippen LogP) is 4.35. The van der Waals surface area contributed by atoms with Gasteiger partial charge >= 0.3 is 0 Å². The second-order valence-corrected chi connectivity index (χ2v) is 4.58. The van der Waals surface area contributed by atoms with Gasteiger partial charge in [0.05, 0.1) is 0 Å². The quantitative estimate of drug-likeness (QED) is 0.871. The summed E-state index contributed by atoms with van der Waals surface area (Å²) in [7, 11) is 0. The molecule has 0 aliphatic rings. The summed E-state index contributed by atoms with van der Waals surface area (Å²) in [6, 6.07) is 7.30. The molecule has 1 unspecified atom stereocenters. The van der Waals surface area contributed by atoms with E-state index in [0.717, 1.165) is 18.2 Å². The highest BCUT2D eigenvalue weighted by atomic mass is 35.5. The number of rotatable bonds is 2. The molecule has 18 heavy (non-hydrogen) atoms. The van der Waals surface area contributed by atoms with Crippen molar-refractivity contribution in [1.82, 2.24) is 0 Å². The highest BCUT2D eigenvalue weighted by Gasteiger charge is 2.18. The fourth-order valence-electron chi connectivity index (χ4n) is 1.62. The molecular formula is C13H8Cl2F2O. The van der Waals surface area contributed by atoms with Crippen LogP contribution in [0.5, 0.6) is 0 Å². The Morgan fingerprint density at radius 3 is 2.39 bits per heavy atom. The monoisotopic (exact) mass is 288 g/mol. The van der Waals surface area contributed by atoms with Gasteiger partial charge in [0.25, 0.3) is 0 Å². The Morgan fingerprint density at radius 1 is 0.944 bits per heavy atom. The number of halogens is 4. The van der Waals surface area contributed by atoms with Gasteiger partial charge in [-0.3, -0.25) is 0 Å². The van der Waals surface area contributed by atoms with E-state index in [1.807, 2.05) is 0 Å². The van der Waals surface area contributed by atoms with Gasteiger partial charge < -0.3 is 5.11 Å². The van der Waals surface area contributed by atoms with Crippen LogP contribution in [0, 0.1) is 11.6 Å². The van der Waals surface area contributed by atoms with E-state index in [0.29, 0.717) is 0 Å². The molecule has 1 atom stereocenters. The zero-order valence-corrected chi connectivity index (χ0v) is 10.5. The van der Waals surface area contributed by atoms with Crippen LogP contribution in [0.15, 0.2) is 36.4 Å². The summed E-state index contributed by atoms with van der Waals surface area (Å²) in [6.07, 6.45) is -1.37. The lowest BCUT2D eigenvalue weighted by atomic mass is 10.0. The molecule has 1 nitrogen and oxygen atoms in total. The minimum atomic E-state index is -1.37. The van der Waals surface area contributed by atoms with Gasteiger partial charge in [0, 0.05) is 21.2 Å². The lowest BCUT2D eigenvalue weighted by Gasteiger charge is -2.14. The Hall–Kier alpha value is -1.16. The number of aliphatic hydroxyl groups excluding tert-OH is 1. The van der Waals surface area contributed by atoms with E-state index < -0.39 is 17.7 Å². The Kier molecular flexibility index (Phi) is 3.85. The van der Waals surface area contributed by atoms with E-state index in [1.165, 1.54) is 18.2 Å². The maximum Gasteiger partial charge on any atom is 0.129 e. The number of benzene rings is 2. The Bertz CT molecular complexity index is 536. The maximum atomic E-state index is 13.6. The van der Waals surface area contributed by atoms with E-state index in [1.54, 1.807) is 0 Å². The van der Waals surface area contributed by atoms with Gasteiger partial charge in [-0.05, 0) is 36.4 Å². The molecule has 0 spiro atoms. The minimum absolute atomic E-state index is 0.0463. The fourth-order valence-corrected chi connectivity index (χ4v) is 2.02. The van der Waals surface area contributed by atoms with Crippen LogP contribution in [0.2, 0.25) is 10.0 Å². The normalized spacial score (nSPS) is 12.5. The summed E-state index contributed by atoms with van der Waals surface area (Å²) < 4.78 is 26.7. The van der Waals surface area contributed by atoms with Crippen LogP contribution < -0.4 is 0 Å². The highest BCUT2D eigenvalue weighted by molar-refractivity contribution is 6.31. The molecule has 0 aromatic heterocycles. The zero-order chi connectivity index (χ0) is 13.3. The minimum Gasteiger partial charge on any atom is -0.383 e. The average molecular weight is 289 g/mol. The Morgan fingerprint density at radius 2 is 1.67 bits per heavy atom. The molecular weight excluding hydrogens is 281 g/mol. The topological polar surface area (TPSA) is 20.2 Å². The third-order valence-electron chi connectivity index (χ3n) is 2.51. The number of hydrogen-bond donors (Lipinski definition) is 1. The first kappa shape index (κ1) is 13.3. The Labute approximate surface area is 113 Å². The fraction of sp³-hybridized carbons (Fsp3) is 0.0769. The van der Waals surface area contributed by atoms with Crippen LogP contribution in [0.1, 0.15) is 17.2 Å². The molecule has 0 saturated heterocycles. The molecule has 0 heterocycles. The van der Waals surface area contributed by atoms with Crippen LogP contribution >= 0.6 is 23.2 Å². The standard InChI is InChI=1S/C13H8Cl2F2O/c14-7-1-4-12(17)10(5-7)13(18)9-6-8(16)2-3-11(9)15/h1-6,13,18H. The van der Waals surface area contributed by atoms with Crippen LogP contribution in [0.3, 0.4) is 0 Å². The van der Waals surface area contributed by atoms with Crippen LogP contribution in [-0.4, -0.2) is 5.11 Å². The molecule has 2 aromatic rings. The van der Waals surface area contributed by atoms with E-state index >= 15 is 0 Å². The van der Waals surface area contributed by atoms with Crippen molar-refractivity contribution in [2.24, 2.45) is 0 Å². The lowest BCUT2D eigenvalue weighted by molar-refractivity contribution is 0.214. The van der Waals surface area contributed by atoms with E-state index in [2.05, 4.69) is 0 Å². The van der Waals surface area contributed by atoms with E-state index in [9.17, 15) is 13.9 Å². The molecule has 1 N–H and O–H groups in total. The number of aliphatic hydroxyl groups is 1. The smallest absolute Gasteiger partial charge is 0.129 e. The van der Waals surface area contributed by atoms with Crippen molar-refractivity contribution < 1.29 is 13.9 Å². The third kappa shape index (κ3) is 2.64. The second-order valence-electron chi connectivity index (χ2n) is 3.73. The summed E-state index contributed by atoms with van der Waals surface area (Å²) >= 11 is 11.6. The van der Waals surface area contributed by atoms with Crippen molar-refractivity contribution in [3.8, 4) is 0 Å². The van der Waals surface area contributed by atoms with Crippen molar-refractivity contribution >= 4 is 23.2 Å². The summed E-state index contributed by atoms with van der Waals surface area (Å²) in [5, 5.41) is 10.5. The molecule has 0 fully saturated rings. The number of hydrogen-bond acceptors (Lipinski definition) is 1. The summed E-state index contributed by atoms with van der Waals surface area (Å²) in [6.45, 7) is 0. The van der Waals surface area contributed by atoms with Gasteiger partial charge in [-0.25, -0.2) is 8.78 Å². The van der Waals surface area contributed by atoms with Crippen molar-refractivity contribution in [1.29, 1.82) is 0 Å². The molecule has 94 valence electrons. The zero-order valence-electron chi connectivity index (χ0n) is 9.00. The molecule has 0 bridgehead atoms. The highest BCUT2D eigenvalue weighted by Crippen LogP contribution is 2.31. The molecule has 2 rings (SSSR count). The van der Waals surface area contributed by atoms with E-state index in [4.69, 9.17) is 23.2 Å². The van der Waals surface area contributed by atoms with Crippen LogP contribution in [-0.2, 0) is 0 Å². The first-order valence-electron chi connectivity index (χ1n) is 5.07. The molecule has 5 heteroatoms. The summed E-state index contributed by atoms with van der Waals surface area (Å²) in [5.41, 5.74) is 0.0489. The average Bonchev–Trinajstić information content (AvgIpc) is 2.34. The van der Waals surface area contributed by atoms with Gasteiger partial charge in [-0.15, -0.1) is 0 Å². The van der Waals surface area contributed by atoms with Gasteiger partial charge in [0.1, 0.15) is 17.7 Å². The first-order valence-corrected chi connectivity index (χ1v) is 5.82. The summed E-state index contributed by atoms with van der Waals surface area (Å²) in [4.78, 5) is 0. The predicted molar refractivity (Wildman–Crippen MR) is 66.9 cm³/mol. The SMILES string of the molecule is OC(c1cc(Cl)ccc1F)c1cc(F)ccc1Cl. The Balaban J connectivity index is 2.50. The van der Waals surface area contributed by atoms with Gasteiger partial charge in [-0.2, -0.15) is 0 Å². The van der Waals surface area contributed by atoms with Crippen molar-refractivity contribution in [3.63, 3.8) is 0 Å². The van der Waals surface area contributed by atoms with Crippen molar-refractivity contribution in [2.75, 3.05) is 0 Å². The van der Waals surface area contributed by atoms with E-state index in [-0.39, 0.29) is 21.2 Å². The first-order chi connectivity index (χ1) is 8.49. The van der Waals surface area contributed by atoms with Gasteiger partial charge in [-0.1, -0.05) is 23.2 Å². The summed E-state index contributed by atoms with van der Waals surface area (Å²) in [5.74, 6) is -1.19. The van der Waals surface area contributed by atoms with Crippen LogP contribution in [0.25, 0.3) is 0 Å². The molecule has 0 radical (unpaired) electrons. The van der Waals surface area contributed by atoms with Gasteiger partial charge in [0.15, 0.2) is 0 Å². The molecule has 0 amide bonds. The maximum absolute atomic E-state index is 13.6. The van der Waals surface area contributed by atoms with Gasteiger partial charge in [0.2, 0.25) is 0 Å².